The lowest BCUT2D eigenvalue weighted by atomic mass is 9.81. The van der Waals surface area contributed by atoms with Crippen molar-refractivity contribution in [2.24, 2.45) is 29.6 Å². The molecule has 69 heavy (non-hydrogen) atoms. The molecule has 380 valence electrons. The first kappa shape index (κ1) is 53.9. The molecule has 4 heterocycles. The molecule has 6 rings (SSSR count). The molecule has 2 aromatic rings. The molecule has 2 bridgehead atoms. The lowest BCUT2D eigenvalue weighted by Crippen LogP contribution is -2.64. The first-order valence-electron chi connectivity index (χ1n) is 25.0. The molecule has 4 aliphatic rings. The van der Waals surface area contributed by atoms with E-state index in [4.69, 9.17) is 28.4 Å². The molecule has 2 saturated heterocycles. The number of rotatable bonds is 11. The van der Waals surface area contributed by atoms with Gasteiger partial charge in [-0.05, 0) is 120 Å². The predicted octanol–water partition coefficient (Wildman–Crippen LogP) is 7.87. The van der Waals surface area contributed by atoms with Crippen molar-refractivity contribution in [3.63, 3.8) is 0 Å². The Morgan fingerprint density at radius 1 is 0.899 bits per heavy atom. The molecule has 0 radical (unpaired) electrons. The van der Waals surface area contributed by atoms with Crippen LogP contribution in [0.25, 0.3) is 10.9 Å². The maximum absolute atomic E-state index is 14.6. The van der Waals surface area contributed by atoms with Gasteiger partial charge in [0, 0.05) is 75.7 Å². The van der Waals surface area contributed by atoms with Gasteiger partial charge in [-0.2, -0.15) is 0 Å². The lowest BCUT2D eigenvalue weighted by molar-refractivity contribution is -0.302. The second-order valence-electron chi connectivity index (χ2n) is 20.3. The van der Waals surface area contributed by atoms with Crippen molar-refractivity contribution in [2.75, 3.05) is 27.9 Å². The van der Waals surface area contributed by atoms with Crippen molar-refractivity contribution in [3.05, 3.63) is 79.1 Å². The van der Waals surface area contributed by atoms with Gasteiger partial charge in [-0.25, -0.2) is 4.79 Å². The molecule has 1 aliphatic carbocycles. The van der Waals surface area contributed by atoms with E-state index >= 15 is 0 Å². The van der Waals surface area contributed by atoms with E-state index in [-0.39, 0.29) is 55.6 Å². The molecular weight excluding hydrogens is 881 g/mol. The molecule has 14 nitrogen and oxygen atoms in total. The third kappa shape index (κ3) is 12.5. The highest BCUT2D eigenvalue weighted by Crippen LogP contribution is 2.40. The molecule has 14 unspecified atom stereocenters. The van der Waals surface area contributed by atoms with Gasteiger partial charge in [-0.3, -0.25) is 14.4 Å². The fourth-order valence-electron chi connectivity index (χ4n) is 11.3. The van der Waals surface area contributed by atoms with Crippen LogP contribution in [0.15, 0.2) is 79.1 Å². The summed E-state index contributed by atoms with van der Waals surface area (Å²) in [7, 11) is 4.74. The number of allylic oxidation sites excluding steroid dienone is 5. The molecule has 0 spiro atoms. The summed E-state index contributed by atoms with van der Waals surface area (Å²) in [6, 6.07) is 6.97. The van der Waals surface area contributed by atoms with Crippen LogP contribution in [-0.2, 0) is 49.4 Å². The molecule has 1 amide bonds. The number of ketones is 2. The van der Waals surface area contributed by atoms with Gasteiger partial charge in [0.2, 0.25) is 5.79 Å². The Balaban J connectivity index is 1.30. The summed E-state index contributed by atoms with van der Waals surface area (Å²) in [6.45, 7) is 17.8. The number of methoxy groups -OCH3 is 3. The second kappa shape index (κ2) is 24.1. The number of Topliss-reactive ketones (excluding diaryl/α,β-unsaturated/α-hetero) is 2. The molecule has 3 aliphatic heterocycles. The molecule has 14 atom stereocenters. The van der Waals surface area contributed by atoms with Crippen molar-refractivity contribution in [3.8, 4) is 5.75 Å². The number of amides is 1. The van der Waals surface area contributed by atoms with Crippen LogP contribution in [-0.4, -0.2) is 126 Å². The van der Waals surface area contributed by atoms with Gasteiger partial charge in [0.15, 0.2) is 0 Å². The Labute approximate surface area is 409 Å². The zero-order chi connectivity index (χ0) is 50.2. The van der Waals surface area contributed by atoms with Crippen molar-refractivity contribution >= 4 is 34.3 Å². The van der Waals surface area contributed by atoms with Crippen LogP contribution in [0.3, 0.4) is 0 Å². The number of piperidine rings is 1. The average molecular weight is 959 g/mol. The highest BCUT2D eigenvalue weighted by Gasteiger charge is 2.56. The number of carbonyl (C=O) groups is 4. The maximum Gasteiger partial charge on any atom is 0.329 e. The quantitative estimate of drug-likeness (QED) is 0.127. The van der Waals surface area contributed by atoms with Gasteiger partial charge >= 0.3 is 5.97 Å². The number of hydrogen-bond donors (Lipinski definition) is 2. The monoisotopic (exact) mass is 959 g/mol. The van der Waals surface area contributed by atoms with Crippen molar-refractivity contribution in [1.82, 2.24) is 9.47 Å². The normalized spacial score (nSPS) is 35.1. The Morgan fingerprint density at radius 2 is 1.62 bits per heavy atom. The van der Waals surface area contributed by atoms with Crippen molar-refractivity contribution in [1.29, 1.82) is 0 Å². The largest absolute Gasteiger partial charge is 0.488 e. The molecule has 14 heteroatoms. The van der Waals surface area contributed by atoms with Crippen LogP contribution in [0.2, 0.25) is 0 Å². The molecule has 2 N–H and O–H groups in total. The van der Waals surface area contributed by atoms with Crippen LogP contribution in [0.5, 0.6) is 5.75 Å². The first-order valence-corrected chi connectivity index (χ1v) is 25.0. The van der Waals surface area contributed by atoms with Crippen LogP contribution < -0.4 is 4.74 Å². The number of ether oxygens (including phenoxy) is 6. The van der Waals surface area contributed by atoms with E-state index < -0.39 is 77.8 Å². The standard InChI is InChI=1S/C55H78N2O12/c1-11-15-40-26-33(3)25-34(4)27-48(65-9)51-49(66-10)29-36(6)55(63,69-51)52(60)53(61)57-23-14-13-16-43(57)54(62)68-50(37(7)44(58)32-45(40)59)35(5)28-38-17-20-46(47(30-38)64-8)67-41-18-19-42-39(31-41)21-24-56(42)22-12-2/h11-12,18-19,21,24,26,28,31,34,36-38,40,43-44,46-51,58,63H,1-2,13-17,20,22-23,25,27,29-30,32H2,3-10H3. The minimum Gasteiger partial charge on any atom is -0.488 e. The highest BCUT2D eigenvalue weighted by molar-refractivity contribution is 6.39. The number of aliphatic hydroxyl groups excluding tert-OH is 1. The second-order valence-corrected chi connectivity index (χ2v) is 20.3. The van der Waals surface area contributed by atoms with Gasteiger partial charge in [0.25, 0.3) is 11.7 Å². The fourth-order valence-corrected chi connectivity index (χ4v) is 11.3. The number of cyclic esters (lactones) is 1. The Morgan fingerprint density at radius 3 is 2.32 bits per heavy atom. The average Bonchev–Trinajstić information content (AvgIpc) is 3.73. The zero-order valence-corrected chi connectivity index (χ0v) is 42.2. The summed E-state index contributed by atoms with van der Waals surface area (Å²) in [4.78, 5) is 58.8. The first-order chi connectivity index (χ1) is 33.0. The fraction of sp³-hybridized carbons (Fsp3) is 0.636. The number of nitrogens with zero attached hydrogens (tertiary/aromatic N) is 2. The van der Waals surface area contributed by atoms with Crippen LogP contribution in [0.4, 0.5) is 0 Å². The number of aliphatic hydroxyl groups is 2. The summed E-state index contributed by atoms with van der Waals surface area (Å²) in [5.41, 5.74) is 2.73. The Hall–Kier alpha value is -4.44. The Kier molecular flexibility index (Phi) is 18.8. The number of fused-ring (bicyclic) bond motifs is 4. The minimum absolute atomic E-state index is 0.00215. The smallest absolute Gasteiger partial charge is 0.329 e. The third-order valence-corrected chi connectivity index (χ3v) is 15.2. The van der Waals surface area contributed by atoms with Gasteiger partial charge < -0.3 is 48.1 Å². The van der Waals surface area contributed by atoms with Gasteiger partial charge in [0.05, 0.1) is 24.4 Å². The van der Waals surface area contributed by atoms with E-state index in [9.17, 15) is 29.4 Å². The van der Waals surface area contributed by atoms with Crippen LogP contribution in [0, 0.1) is 29.6 Å². The SMILES string of the molecule is C=CCC1C=C(C)CC(C)CC(OC)C2OC(O)(C(=O)C(=O)N3CCCCC3C(=O)OC(C(C)=CC3CCC(Oc4ccc5c(ccn5CC=C)c4)C(OC)C3)C(C)C(O)CC1=O)C(C)CC2OC. The number of benzene rings is 1. The van der Waals surface area contributed by atoms with E-state index in [2.05, 4.69) is 35.9 Å². The number of hydrogen-bond acceptors (Lipinski definition) is 12. The summed E-state index contributed by atoms with van der Waals surface area (Å²) in [6.07, 6.45) is 9.67. The zero-order valence-electron chi connectivity index (χ0n) is 42.2. The molecule has 1 saturated carbocycles. The molecule has 1 aromatic heterocycles. The van der Waals surface area contributed by atoms with E-state index in [0.29, 0.717) is 57.1 Å². The number of carbonyl (C=O) groups excluding carboxylic acids is 4. The summed E-state index contributed by atoms with van der Waals surface area (Å²) in [5.74, 6) is -7.03. The third-order valence-electron chi connectivity index (χ3n) is 15.2. The van der Waals surface area contributed by atoms with Gasteiger partial charge in [0.1, 0.15) is 35.9 Å². The lowest BCUT2D eigenvalue weighted by Gasteiger charge is -2.47. The summed E-state index contributed by atoms with van der Waals surface area (Å²) >= 11 is 0. The van der Waals surface area contributed by atoms with Crippen LogP contribution >= 0.6 is 0 Å². The van der Waals surface area contributed by atoms with Crippen molar-refractivity contribution in [2.45, 2.75) is 166 Å². The van der Waals surface area contributed by atoms with Gasteiger partial charge in [-0.1, -0.05) is 50.6 Å². The van der Waals surface area contributed by atoms with E-state index in [1.807, 2.05) is 51.3 Å². The molecular formula is C55H78N2O12. The number of esters is 1. The van der Waals surface area contributed by atoms with Crippen molar-refractivity contribution < 1.29 is 57.8 Å². The number of aromatic nitrogens is 1. The highest BCUT2D eigenvalue weighted by atomic mass is 16.7. The summed E-state index contributed by atoms with van der Waals surface area (Å²) in [5, 5.41) is 25.2. The Bertz CT molecular complexity index is 2200. The minimum atomic E-state index is -2.52. The van der Waals surface area contributed by atoms with E-state index in [0.717, 1.165) is 28.6 Å². The topological polar surface area (TPSA) is 172 Å². The van der Waals surface area contributed by atoms with E-state index in [1.165, 1.54) is 19.1 Å². The predicted molar refractivity (Wildman–Crippen MR) is 263 cm³/mol. The van der Waals surface area contributed by atoms with Crippen LogP contribution in [0.1, 0.15) is 105 Å². The molecule has 3 fully saturated rings. The van der Waals surface area contributed by atoms with Gasteiger partial charge in [-0.15, -0.1) is 13.2 Å². The van der Waals surface area contributed by atoms with E-state index in [1.54, 1.807) is 27.0 Å². The molecule has 1 aromatic carbocycles. The summed E-state index contributed by atoms with van der Waals surface area (Å²) < 4.78 is 39.2. The maximum atomic E-state index is 14.6.